The summed E-state index contributed by atoms with van der Waals surface area (Å²) < 4.78 is 0. The van der Waals surface area contributed by atoms with Gasteiger partial charge in [-0.15, -0.1) is 5.10 Å². The number of carbonyl (C=O) groups is 1. The zero-order valence-corrected chi connectivity index (χ0v) is 10.2. The third-order valence-electron chi connectivity index (χ3n) is 3.30. The van der Waals surface area contributed by atoms with E-state index in [1.165, 1.54) is 0 Å². The van der Waals surface area contributed by atoms with Gasteiger partial charge in [-0.25, -0.2) is 4.98 Å². The molecule has 2 heterocycles. The number of aliphatic hydroxyl groups is 1. The number of piperidine rings is 1. The predicted molar refractivity (Wildman–Crippen MR) is 61.4 cm³/mol. The Morgan fingerprint density at radius 3 is 2.65 bits per heavy atom. The molecule has 0 bridgehead atoms. The fourth-order valence-corrected chi connectivity index (χ4v) is 2.16. The van der Waals surface area contributed by atoms with Crippen LogP contribution < -0.4 is 0 Å². The Hall–Kier alpha value is -1.43. The number of aromatic nitrogens is 3. The van der Waals surface area contributed by atoms with E-state index in [-0.39, 0.29) is 17.8 Å². The smallest absolute Gasteiger partial charge is 0.293 e. The van der Waals surface area contributed by atoms with Crippen molar-refractivity contribution >= 4 is 5.91 Å². The van der Waals surface area contributed by atoms with Gasteiger partial charge in [-0.2, -0.15) is 0 Å². The van der Waals surface area contributed by atoms with Crippen molar-refractivity contribution < 1.29 is 9.90 Å². The van der Waals surface area contributed by atoms with E-state index in [2.05, 4.69) is 15.2 Å². The van der Waals surface area contributed by atoms with Crippen molar-refractivity contribution in [1.29, 1.82) is 0 Å². The van der Waals surface area contributed by atoms with Gasteiger partial charge >= 0.3 is 0 Å². The highest BCUT2D eigenvalue weighted by Crippen LogP contribution is 2.21. The lowest BCUT2D eigenvalue weighted by Crippen LogP contribution is -2.41. The van der Waals surface area contributed by atoms with Crippen LogP contribution in [0.3, 0.4) is 0 Å². The summed E-state index contributed by atoms with van der Waals surface area (Å²) in [6, 6.07) is 0. The monoisotopic (exact) mass is 238 g/mol. The standard InChI is InChI=1S/C11H18N4O2/c1-7(16)9-3-5-15(6-4-9)11(17)10-12-8(2)13-14-10/h7,9,16H,3-6H2,1-2H3,(H,12,13,14). The van der Waals surface area contributed by atoms with Gasteiger partial charge in [-0.1, -0.05) is 0 Å². The van der Waals surface area contributed by atoms with Crippen LogP contribution in [-0.2, 0) is 0 Å². The lowest BCUT2D eigenvalue weighted by atomic mass is 9.92. The largest absolute Gasteiger partial charge is 0.393 e. The summed E-state index contributed by atoms with van der Waals surface area (Å²) in [6.07, 6.45) is 1.39. The highest BCUT2D eigenvalue weighted by atomic mass is 16.3. The highest BCUT2D eigenvalue weighted by molar-refractivity contribution is 5.90. The molecule has 6 nitrogen and oxygen atoms in total. The number of likely N-dealkylation sites (tertiary alicyclic amines) is 1. The molecular weight excluding hydrogens is 220 g/mol. The number of hydrogen-bond donors (Lipinski definition) is 2. The molecule has 0 aliphatic carbocycles. The van der Waals surface area contributed by atoms with Crippen molar-refractivity contribution in [2.75, 3.05) is 13.1 Å². The normalized spacial score (nSPS) is 19.4. The van der Waals surface area contributed by atoms with Crippen LogP contribution in [-0.4, -0.2) is 50.3 Å². The van der Waals surface area contributed by atoms with E-state index in [0.717, 1.165) is 12.8 Å². The first-order chi connectivity index (χ1) is 8.08. The molecule has 94 valence electrons. The van der Waals surface area contributed by atoms with E-state index >= 15 is 0 Å². The molecule has 1 aromatic heterocycles. The molecule has 1 aliphatic heterocycles. The Labute approximate surface area is 100 Å². The van der Waals surface area contributed by atoms with Crippen LogP contribution in [0.15, 0.2) is 0 Å². The van der Waals surface area contributed by atoms with Gasteiger partial charge in [0.1, 0.15) is 5.82 Å². The number of nitrogens with zero attached hydrogens (tertiary/aromatic N) is 3. The number of nitrogens with one attached hydrogen (secondary N) is 1. The maximum Gasteiger partial charge on any atom is 0.293 e. The summed E-state index contributed by atoms with van der Waals surface area (Å²) in [7, 11) is 0. The second-order valence-electron chi connectivity index (χ2n) is 4.61. The van der Waals surface area contributed by atoms with Crippen molar-refractivity contribution in [3.05, 3.63) is 11.6 Å². The van der Waals surface area contributed by atoms with E-state index in [4.69, 9.17) is 0 Å². The van der Waals surface area contributed by atoms with Crippen molar-refractivity contribution in [1.82, 2.24) is 20.1 Å². The Balaban J connectivity index is 1.95. The SMILES string of the molecule is Cc1nc(C(=O)N2CCC(C(C)O)CC2)n[nH]1. The Morgan fingerprint density at radius 2 is 2.18 bits per heavy atom. The third-order valence-corrected chi connectivity index (χ3v) is 3.30. The zero-order chi connectivity index (χ0) is 12.4. The number of aliphatic hydroxyl groups excluding tert-OH is 1. The highest BCUT2D eigenvalue weighted by Gasteiger charge is 2.27. The molecule has 0 spiro atoms. The maximum absolute atomic E-state index is 12.0. The average Bonchev–Trinajstić information content (AvgIpc) is 2.75. The molecular formula is C11H18N4O2. The lowest BCUT2D eigenvalue weighted by molar-refractivity contribution is 0.0512. The van der Waals surface area contributed by atoms with Crippen LogP contribution in [0.1, 0.15) is 36.2 Å². The summed E-state index contributed by atoms with van der Waals surface area (Å²) >= 11 is 0. The topological polar surface area (TPSA) is 82.1 Å². The van der Waals surface area contributed by atoms with Crippen LogP contribution in [0, 0.1) is 12.8 Å². The van der Waals surface area contributed by atoms with Crippen molar-refractivity contribution in [2.45, 2.75) is 32.8 Å². The van der Waals surface area contributed by atoms with E-state index < -0.39 is 0 Å². The molecule has 1 amide bonds. The molecule has 1 unspecified atom stereocenters. The first-order valence-corrected chi connectivity index (χ1v) is 5.94. The fraction of sp³-hybridized carbons (Fsp3) is 0.727. The third kappa shape index (κ3) is 2.63. The molecule has 6 heteroatoms. The predicted octanol–water partition coefficient (Wildman–Crippen LogP) is 0.346. The van der Waals surface area contributed by atoms with E-state index in [0.29, 0.717) is 24.8 Å². The number of aryl methyl sites for hydroxylation is 1. The minimum absolute atomic E-state index is 0.126. The number of H-pyrrole nitrogens is 1. The summed E-state index contributed by atoms with van der Waals surface area (Å²) in [6.45, 7) is 4.91. The van der Waals surface area contributed by atoms with Crippen LogP contribution in [0.25, 0.3) is 0 Å². The van der Waals surface area contributed by atoms with Crippen LogP contribution >= 0.6 is 0 Å². The second-order valence-corrected chi connectivity index (χ2v) is 4.61. The van der Waals surface area contributed by atoms with Gasteiger partial charge in [0.05, 0.1) is 6.10 Å². The van der Waals surface area contributed by atoms with E-state index in [1.807, 2.05) is 0 Å². The first-order valence-electron chi connectivity index (χ1n) is 5.94. The first kappa shape index (κ1) is 12.0. The van der Waals surface area contributed by atoms with Gasteiger partial charge in [0.25, 0.3) is 5.91 Å². The van der Waals surface area contributed by atoms with Gasteiger partial charge < -0.3 is 10.0 Å². The van der Waals surface area contributed by atoms with E-state index in [1.54, 1.807) is 18.7 Å². The minimum atomic E-state index is -0.294. The number of carbonyl (C=O) groups excluding carboxylic acids is 1. The Morgan fingerprint density at radius 1 is 1.53 bits per heavy atom. The van der Waals surface area contributed by atoms with Crippen LogP contribution in [0.4, 0.5) is 0 Å². The average molecular weight is 238 g/mol. The number of amides is 1. The van der Waals surface area contributed by atoms with Gasteiger partial charge in [0.15, 0.2) is 0 Å². The zero-order valence-electron chi connectivity index (χ0n) is 10.2. The molecule has 2 N–H and O–H groups in total. The lowest BCUT2D eigenvalue weighted by Gasteiger charge is -2.32. The number of hydrogen-bond acceptors (Lipinski definition) is 4. The fourth-order valence-electron chi connectivity index (χ4n) is 2.16. The van der Waals surface area contributed by atoms with Gasteiger partial charge in [0.2, 0.25) is 5.82 Å². The molecule has 0 saturated carbocycles. The minimum Gasteiger partial charge on any atom is -0.393 e. The Bertz CT molecular complexity index is 394. The Kier molecular flexibility index (Phi) is 3.42. The van der Waals surface area contributed by atoms with Crippen LogP contribution in [0.5, 0.6) is 0 Å². The molecule has 2 rings (SSSR count). The van der Waals surface area contributed by atoms with Gasteiger partial charge in [-0.05, 0) is 32.6 Å². The van der Waals surface area contributed by atoms with Crippen molar-refractivity contribution in [3.63, 3.8) is 0 Å². The number of aromatic amines is 1. The van der Waals surface area contributed by atoms with Crippen molar-refractivity contribution in [2.24, 2.45) is 5.92 Å². The van der Waals surface area contributed by atoms with E-state index in [9.17, 15) is 9.90 Å². The van der Waals surface area contributed by atoms with Crippen LogP contribution in [0.2, 0.25) is 0 Å². The molecule has 1 aliphatic rings. The maximum atomic E-state index is 12.0. The van der Waals surface area contributed by atoms with Crippen molar-refractivity contribution in [3.8, 4) is 0 Å². The van der Waals surface area contributed by atoms with Gasteiger partial charge in [0, 0.05) is 13.1 Å². The van der Waals surface area contributed by atoms with Gasteiger partial charge in [-0.3, -0.25) is 9.89 Å². The molecule has 0 aromatic carbocycles. The molecule has 17 heavy (non-hydrogen) atoms. The summed E-state index contributed by atoms with van der Waals surface area (Å²) in [5.41, 5.74) is 0. The molecule has 1 fully saturated rings. The molecule has 1 saturated heterocycles. The summed E-state index contributed by atoms with van der Waals surface area (Å²) in [5.74, 6) is 1.05. The second kappa shape index (κ2) is 4.83. The summed E-state index contributed by atoms with van der Waals surface area (Å²) in [4.78, 5) is 17.8. The summed E-state index contributed by atoms with van der Waals surface area (Å²) in [5, 5.41) is 16.0. The quantitative estimate of drug-likeness (QED) is 0.778. The molecule has 1 atom stereocenters. The number of rotatable bonds is 2. The molecule has 0 radical (unpaired) electrons. The molecule has 1 aromatic rings.